The van der Waals surface area contributed by atoms with Crippen LogP contribution in [0.4, 0.5) is 0 Å². The number of hydrogen-bond donors (Lipinski definition) is 1. The first-order chi connectivity index (χ1) is 20.0. The molecule has 0 saturated carbocycles. The highest BCUT2D eigenvalue weighted by molar-refractivity contribution is 6.32. The standard InChI is InChI=1S/C33H46ClN3O5/c1-22(2)26-7-8-30(40-6)27(17-26)19-36-13-14-42-33(20-36,21-41-29-15-23(3)32(34)24(4)16-29)18-31(39)37-11-9-28(10-12-37)35-25(5)38/h7-8,15-17,22,28H,9-14,18-21H2,1-6H3,(H,35,38)/t33-/m0/s1. The van der Waals surface area contributed by atoms with E-state index < -0.39 is 5.60 Å². The molecule has 2 saturated heterocycles. The zero-order valence-electron chi connectivity index (χ0n) is 25.9. The molecule has 0 aliphatic carbocycles. The summed E-state index contributed by atoms with van der Waals surface area (Å²) in [5.41, 5.74) is 3.45. The highest BCUT2D eigenvalue weighted by Crippen LogP contribution is 2.32. The molecular formula is C33H46ClN3O5. The van der Waals surface area contributed by atoms with Gasteiger partial charge >= 0.3 is 0 Å². The Morgan fingerprint density at radius 3 is 2.43 bits per heavy atom. The summed E-state index contributed by atoms with van der Waals surface area (Å²) in [7, 11) is 1.70. The smallest absolute Gasteiger partial charge is 0.225 e. The van der Waals surface area contributed by atoms with Crippen LogP contribution in [0.1, 0.15) is 68.2 Å². The van der Waals surface area contributed by atoms with Crippen LogP contribution < -0.4 is 14.8 Å². The Balaban J connectivity index is 1.53. The second-order valence-electron chi connectivity index (χ2n) is 12.2. The monoisotopic (exact) mass is 599 g/mol. The number of morpholine rings is 1. The highest BCUT2D eigenvalue weighted by Gasteiger charge is 2.41. The number of rotatable bonds is 10. The zero-order chi connectivity index (χ0) is 30.4. The molecule has 4 rings (SSSR count). The van der Waals surface area contributed by atoms with E-state index in [4.69, 9.17) is 25.8 Å². The van der Waals surface area contributed by atoms with Gasteiger partial charge in [0.05, 0.1) is 20.1 Å². The quantitative estimate of drug-likeness (QED) is 0.402. The molecule has 2 amide bonds. The largest absolute Gasteiger partial charge is 0.496 e. The Labute approximate surface area is 255 Å². The van der Waals surface area contributed by atoms with E-state index in [9.17, 15) is 9.59 Å². The Morgan fingerprint density at radius 2 is 1.81 bits per heavy atom. The summed E-state index contributed by atoms with van der Waals surface area (Å²) in [6.45, 7) is 13.8. The van der Waals surface area contributed by atoms with Crippen molar-refractivity contribution in [3.05, 3.63) is 57.6 Å². The number of piperidine rings is 1. The lowest BCUT2D eigenvalue weighted by atomic mass is 9.94. The number of likely N-dealkylation sites (tertiary alicyclic amines) is 1. The Bertz CT molecular complexity index is 1240. The molecule has 2 heterocycles. The SMILES string of the molecule is COc1ccc(C(C)C)cc1CN1CCO[C@@](COc2cc(C)c(Cl)c(C)c2)(CC(=O)N2CCC(NC(C)=O)CC2)C1. The summed E-state index contributed by atoms with van der Waals surface area (Å²) in [5, 5.41) is 3.71. The highest BCUT2D eigenvalue weighted by atomic mass is 35.5. The third-order valence-electron chi connectivity index (χ3n) is 8.33. The number of amides is 2. The van der Waals surface area contributed by atoms with Crippen molar-refractivity contribution in [2.24, 2.45) is 0 Å². The molecule has 0 unspecified atom stereocenters. The third-order valence-corrected chi connectivity index (χ3v) is 8.93. The van der Waals surface area contributed by atoms with Crippen molar-refractivity contribution < 1.29 is 23.8 Å². The van der Waals surface area contributed by atoms with E-state index >= 15 is 0 Å². The maximum atomic E-state index is 13.7. The van der Waals surface area contributed by atoms with Gasteiger partial charge in [-0.2, -0.15) is 0 Å². The lowest BCUT2D eigenvalue weighted by Gasteiger charge is -2.43. The molecule has 2 aromatic carbocycles. The number of ether oxygens (including phenoxy) is 3. The molecule has 0 aromatic heterocycles. The van der Waals surface area contributed by atoms with Crippen LogP contribution in [-0.4, -0.2) is 79.8 Å². The molecule has 0 radical (unpaired) electrons. The maximum Gasteiger partial charge on any atom is 0.225 e. The normalized spacial score (nSPS) is 20.0. The lowest BCUT2D eigenvalue weighted by Crippen LogP contribution is -2.57. The van der Waals surface area contributed by atoms with Gasteiger partial charge in [0.25, 0.3) is 0 Å². The third kappa shape index (κ3) is 8.17. The summed E-state index contributed by atoms with van der Waals surface area (Å²) in [6.07, 6.45) is 1.71. The number of aryl methyl sites for hydroxylation is 2. The molecule has 230 valence electrons. The number of carbonyl (C=O) groups excluding carboxylic acids is 2. The molecule has 9 heteroatoms. The lowest BCUT2D eigenvalue weighted by molar-refractivity contribution is -0.157. The van der Waals surface area contributed by atoms with Crippen LogP contribution in [0.2, 0.25) is 5.02 Å². The van der Waals surface area contributed by atoms with Crippen molar-refractivity contribution in [1.29, 1.82) is 0 Å². The van der Waals surface area contributed by atoms with Crippen molar-refractivity contribution in [2.45, 2.75) is 78.0 Å². The van der Waals surface area contributed by atoms with Gasteiger partial charge in [0, 0.05) is 56.3 Å². The predicted octanol–water partition coefficient (Wildman–Crippen LogP) is 5.26. The molecule has 1 N–H and O–H groups in total. The van der Waals surface area contributed by atoms with E-state index in [0.717, 1.165) is 46.8 Å². The van der Waals surface area contributed by atoms with Gasteiger partial charge in [0.15, 0.2) is 0 Å². The second kappa shape index (κ2) is 14.1. The molecule has 0 spiro atoms. The minimum absolute atomic E-state index is 0.0326. The fourth-order valence-electron chi connectivity index (χ4n) is 5.98. The predicted molar refractivity (Wildman–Crippen MR) is 165 cm³/mol. The van der Waals surface area contributed by atoms with Crippen LogP contribution in [0, 0.1) is 13.8 Å². The van der Waals surface area contributed by atoms with Crippen LogP contribution >= 0.6 is 11.6 Å². The number of methoxy groups -OCH3 is 1. The first-order valence-electron chi connectivity index (χ1n) is 15.0. The first-order valence-corrected chi connectivity index (χ1v) is 15.3. The summed E-state index contributed by atoms with van der Waals surface area (Å²) >= 11 is 6.40. The van der Waals surface area contributed by atoms with Crippen LogP contribution in [-0.2, 0) is 20.9 Å². The van der Waals surface area contributed by atoms with Crippen LogP contribution in [0.5, 0.6) is 11.5 Å². The van der Waals surface area contributed by atoms with Gasteiger partial charge in [-0.15, -0.1) is 0 Å². The van der Waals surface area contributed by atoms with Gasteiger partial charge in [-0.1, -0.05) is 37.6 Å². The maximum absolute atomic E-state index is 13.7. The van der Waals surface area contributed by atoms with Gasteiger partial charge in [-0.25, -0.2) is 0 Å². The Kier molecular flexibility index (Phi) is 10.8. The molecular weight excluding hydrogens is 554 g/mol. The molecule has 0 bridgehead atoms. The van der Waals surface area contributed by atoms with E-state index in [1.807, 2.05) is 36.9 Å². The molecule has 42 heavy (non-hydrogen) atoms. The van der Waals surface area contributed by atoms with E-state index in [1.54, 1.807) is 7.11 Å². The van der Waals surface area contributed by atoms with E-state index in [1.165, 1.54) is 12.5 Å². The Hall–Kier alpha value is -2.81. The van der Waals surface area contributed by atoms with Crippen molar-refractivity contribution in [3.8, 4) is 11.5 Å². The van der Waals surface area contributed by atoms with Gasteiger partial charge in [0.1, 0.15) is 23.7 Å². The fourth-order valence-corrected chi connectivity index (χ4v) is 6.09. The molecule has 2 fully saturated rings. The summed E-state index contributed by atoms with van der Waals surface area (Å²) in [4.78, 5) is 29.4. The van der Waals surface area contributed by atoms with E-state index in [0.29, 0.717) is 44.5 Å². The Morgan fingerprint density at radius 1 is 1.12 bits per heavy atom. The number of halogens is 1. The van der Waals surface area contributed by atoms with Crippen molar-refractivity contribution in [1.82, 2.24) is 15.1 Å². The van der Waals surface area contributed by atoms with Crippen LogP contribution in [0.3, 0.4) is 0 Å². The summed E-state index contributed by atoms with van der Waals surface area (Å²) in [5.74, 6) is 1.99. The fraction of sp³-hybridized carbons (Fsp3) is 0.576. The molecule has 2 aromatic rings. The minimum Gasteiger partial charge on any atom is -0.496 e. The van der Waals surface area contributed by atoms with Gasteiger partial charge in [-0.05, 0) is 67.5 Å². The molecule has 2 aliphatic rings. The zero-order valence-corrected chi connectivity index (χ0v) is 26.7. The van der Waals surface area contributed by atoms with Crippen molar-refractivity contribution in [2.75, 3.05) is 46.5 Å². The topological polar surface area (TPSA) is 80.3 Å². The number of nitrogens with one attached hydrogen (secondary N) is 1. The van der Waals surface area contributed by atoms with E-state index in [2.05, 4.69) is 36.2 Å². The number of nitrogens with zero attached hydrogens (tertiary/aromatic N) is 2. The summed E-state index contributed by atoms with van der Waals surface area (Å²) < 4.78 is 18.5. The second-order valence-corrected chi connectivity index (χ2v) is 12.5. The molecule has 2 aliphatic heterocycles. The number of hydrogen-bond acceptors (Lipinski definition) is 6. The number of benzene rings is 2. The van der Waals surface area contributed by atoms with Gasteiger partial charge < -0.3 is 24.4 Å². The van der Waals surface area contributed by atoms with Crippen molar-refractivity contribution >= 4 is 23.4 Å². The average molecular weight is 600 g/mol. The van der Waals surface area contributed by atoms with Gasteiger partial charge in [0.2, 0.25) is 11.8 Å². The van der Waals surface area contributed by atoms with Gasteiger partial charge in [-0.3, -0.25) is 14.5 Å². The van der Waals surface area contributed by atoms with Crippen molar-refractivity contribution in [3.63, 3.8) is 0 Å². The number of carbonyl (C=O) groups is 2. The average Bonchev–Trinajstić information content (AvgIpc) is 2.95. The molecule has 8 nitrogen and oxygen atoms in total. The minimum atomic E-state index is -0.825. The first kappa shape index (κ1) is 32.1. The molecule has 1 atom stereocenters. The van der Waals surface area contributed by atoms with Crippen LogP contribution in [0.25, 0.3) is 0 Å². The summed E-state index contributed by atoms with van der Waals surface area (Å²) in [6, 6.07) is 10.4. The van der Waals surface area contributed by atoms with E-state index in [-0.39, 0.29) is 30.9 Å². The van der Waals surface area contributed by atoms with Crippen LogP contribution in [0.15, 0.2) is 30.3 Å².